The summed E-state index contributed by atoms with van der Waals surface area (Å²) < 4.78 is 0. The van der Waals surface area contributed by atoms with Gasteiger partial charge in [0.1, 0.15) is 5.84 Å². The fraction of sp³-hybridized carbons (Fsp3) is 0.875. The van der Waals surface area contributed by atoms with Crippen LogP contribution in [0.2, 0.25) is 0 Å². The second-order valence-electron chi connectivity index (χ2n) is 2.88. The van der Waals surface area contributed by atoms with Crippen molar-refractivity contribution in [1.82, 2.24) is 5.32 Å². The normalized spacial score (nSPS) is 11.9. The molecule has 0 atom stereocenters. The summed E-state index contributed by atoms with van der Waals surface area (Å²) in [6, 6.07) is 0. The lowest BCUT2D eigenvalue weighted by atomic mass is 10.3. The van der Waals surface area contributed by atoms with Crippen molar-refractivity contribution in [2.24, 2.45) is 10.9 Å². The zero-order valence-corrected chi connectivity index (χ0v) is 7.87. The topological polar surface area (TPSA) is 90.9 Å². The third-order valence-electron chi connectivity index (χ3n) is 1.68. The first-order valence-electron chi connectivity index (χ1n) is 4.59. The lowest BCUT2D eigenvalue weighted by molar-refractivity contribution is 0.283. The number of hydrogen-bond donors (Lipinski definition) is 4. The van der Waals surface area contributed by atoms with Crippen LogP contribution in [0.3, 0.4) is 0 Å². The number of nitrogens with one attached hydrogen (secondary N) is 1. The minimum absolute atomic E-state index is 0.256. The Hall–Kier alpha value is -0.810. The molecule has 5 heteroatoms. The summed E-state index contributed by atoms with van der Waals surface area (Å²) >= 11 is 0. The molecule has 0 aromatic heterocycles. The molecule has 0 amide bonds. The van der Waals surface area contributed by atoms with Gasteiger partial charge in [0.25, 0.3) is 0 Å². The third-order valence-corrected chi connectivity index (χ3v) is 1.68. The van der Waals surface area contributed by atoms with Gasteiger partial charge < -0.3 is 21.4 Å². The Morgan fingerprint density at radius 2 is 1.92 bits per heavy atom. The van der Waals surface area contributed by atoms with Crippen molar-refractivity contribution in [3.63, 3.8) is 0 Å². The number of nitrogens with zero attached hydrogens (tertiary/aromatic N) is 1. The second-order valence-corrected chi connectivity index (χ2v) is 2.88. The molecule has 0 bridgehead atoms. The average Bonchev–Trinajstić information content (AvgIpc) is 2.16. The summed E-state index contributed by atoms with van der Waals surface area (Å²) in [6.45, 7) is 2.03. The van der Waals surface area contributed by atoms with Crippen molar-refractivity contribution in [1.29, 1.82) is 0 Å². The van der Waals surface area contributed by atoms with Gasteiger partial charge in [-0.1, -0.05) is 5.16 Å². The van der Waals surface area contributed by atoms with Gasteiger partial charge in [0.2, 0.25) is 0 Å². The Morgan fingerprint density at radius 3 is 2.54 bits per heavy atom. The number of rotatable bonds is 8. The van der Waals surface area contributed by atoms with E-state index in [1.807, 2.05) is 0 Å². The summed E-state index contributed by atoms with van der Waals surface area (Å²) in [6.07, 6.45) is 3.31. The molecule has 0 aliphatic rings. The van der Waals surface area contributed by atoms with Crippen LogP contribution >= 0.6 is 0 Å². The fourth-order valence-electron chi connectivity index (χ4n) is 0.931. The number of aliphatic hydroxyl groups is 1. The highest BCUT2D eigenvalue weighted by molar-refractivity contribution is 5.79. The number of hydrogen-bond acceptors (Lipinski definition) is 4. The van der Waals surface area contributed by atoms with Crippen LogP contribution in [0.15, 0.2) is 5.16 Å². The van der Waals surface area contributed by atoms with E-state index in [4.69, 9.17) is 16.0 Å². The highest BCUT2D eigenvalue weighted by Gasteiger charge is 1.92. The molecule has 0 aromatic carbocycles. The number of oxime groups is 1. The van der Waals surface area contributed by atoms with Gasteiger partial charge in [-0.15, -0.1) is 0 Å². The van der Waals surface area contributed by atoms with Crippen LogP contribution in [-0.2, 0) is 0 Å². The first-order valence-corrected chi connectivity index (χ1v) is 4.59. The van der Waals surface area contributed by atoms with E-state index < -0.39 is 0 Å². The third kappa shape index (κ3) is 9.10. The first-order chi connectivity index (χ1) is 6.31. The number of aliphatic hydroxyl groups excluding tert-OH is 1. The predicted molar refractivity (Wildman–Crippen MR) is 51.8 cm³/mol. The highest BCUT2D eigenvalue weighted by Crippen LogP contribution is 1.88. The molecule has 0 aliphatic heterocycles. The summed E-state index contributed by atoms with van der Waals surface area (Å²) in [4.78, 5) is 0. The van der Waals surface area contributed by atoms with Crippen LogP contribution in [0.1, 0.15) is 25.7 Å². The molecular weight excluding hydrogens is 170 g/mol. The van der Waals surface area contributed by atoms with Crippen LogP contribution < -0.4 is 11.1 Å². The van der Waals surface area contributed by atoms with E-state index in [2.05, 4.69) is 10.5 Å². The maximum absolute atomic E-state index is 8.49. The molecule has 5 nitrogen and oxygen atoms in total. The molecule has 0 aromatic rings. The Kier molecular flexibility index (Phi) is 8.70. The number of nitrogens with two attached hydrogens (primary N) is 1. The van der Waals surface area contributed by atoms with Gasteiger partial charge in [-0.25, -0.2) is 0 Å². The molecule has 0 aliphatic carbocycles. The van der Waals surface area contributed by atoms with Crippen molar-refractivity contribution < 1.29 is 10.3 Å². The highest BCUT2D eigenvalue weighted by atomic mass is 16.4. The van der Waals surface area contributed by atoms with Gasteiger partial charge in [0, 0.05) is 13.0 Å². The number of amidine groups is 1. The second kappa shape index (κ2) is 9.28. The molecule has 5 N–H and O–H groups in total. The first kappa shape index (κ1) is 12.2. The van der Waals surface area contributed by atoms with Gasteiger partial charge in [-0.2, -0.15) is 0 Å². The Bertz CT molecular complexity index is 139. The largest absolute Gasteiger partial charge is 0.409 e. The SMILES string of the molecule is NC(CCCNCCCCO)=NO. The van der Waals surface area contributed by atoms with E-state index >= 15 is 0 Å². The molecule has 13 heavy (non-hydrogen) atoms. The zero-order valence-electron chi connectivity index (χ0n) is 7.87. The van der Waals surface area contributed by atoms with Crippen LogP contribution in [-0.4, -0.2) is 35.8 Å². The van der Waals surface area contributed by atoms with E-state index in [9.17, 15) is 0 Å². The van der Waals surface area contributed by atoms with Gasteiger partial charge >= 0.3 is 0 Å². The summed E-state index contributed by atoms with van der Waals surface area (Å²) in [7, 11) is 0. The molecule has 0 radical (unpaired) electrons. The fourth-order valence-corrected chi connectivity index (χ4v) is 0.931. The number of unbranched alkanes of at least 4 members (excludes halogenated alkanes) is 1. The van der Waals surface area contributed by atoms with Crippen LogP contribution in [0, 0.1) is 0 Å². The van der Waals surface area contributed by atoms with Gasteiger partial charge in [-0.3, -0.25) is 0 Å². The Morgan fingerprint density at radius 1 is 1.23 bits per heavy atom. The minimum atomic E-state index is 0.256. The van der Waals surface area contributed by atoms with E-state index in [1.54, 1.807) is 0 Å². The van der Waals surface area contributed by atoms with Crippen molar-refractivity contribution in [3.8, 4) is 0 Å². The predicted octanol–water partition coefficient (Wildman–Crippen LogP) is -0.125. The molecule has 0 saturated heterocycles. The van der Waals surface area contributed by atoms with Crippen LogP contribution in [0.4, 0.5) is 0 Å². The molecule has 0 spiro atoms. The van der Waals surface area contributed by atoms with E-state index in [0.717, 1.165) is 32.4 Å². The van der Waals surface area contributed by atoms with E-state index in [0.29, 0.717) is 6.42 Å². The Labute approximate surface area is 78.6 Å². The molecular formula is C8H19N3O2. The van der Waals surface area contributed by atoms with Crippen molar-refractivity contribution >= 4 is 5.84 Å². The molecule has 0 saturated carbocycles. The summed E-state index contributed by atoms with van der Waals surface area (Å²) in [5.74, 6) is 0.275. The van der Waals surface area contributed by atoms with Crippen LogP contribution in [0.5, 0.6) is 0 Å². The minimum Gasteiger partial charge on any atom is -0.409 e. The lowest BCUT2D eigenvalue weighted by Gasteiger charge is -2.02. The molecule has 0 rings (SSSR count). The standard InChI is InChI=1S/C8H19N3O2/c9-8(11-13)4-3-6-10-5-1-2-7-12/h10,12-13H,1-7H2,(H2,9,11). The van der Waals surface area contributed by atoms with Crippen molar-refractivity contribution in [3.05, 3.63) is 0 Å². The van der Waals surface area contributed by atoms with Crippen molar-refractivity contribution in [2.45, 2.75) is 25.7 Å². The van der Waals surface area contributed by atoms with Gasteiger partial charge in [0.15, 0.2) is 0 Å². The average molecular weight is 189 g/mol. The maximum atomic E-state index is 8.49. The van der Waals surface area contributed by atoms with Crippen molar-refractivity contribution in [2.75, 3.05) is 19.7 Å². The molecule has 78 valence electrons. The molecule has 0 unspecified atom stereocenters. The van der Waals surface area contributed by atoms with Gasteiger partial charge in [-0.05, 0) is 32.4 Å². The van der Waals surface area contributed by atoms with E-state index in [-0.39, 0.29) is 12.4 Å². The molecule has 0 fully saturated rings. The summed E-state index contributed by atoms with van der Waals surface area (Å²) in [5.41, 5.74) is 5.27. The zero-order chi connectivity index (χ0) is 9.94. The summed E-state index contributed by atoms with van der Waals surface area (Å²) in [5, 5.41) is 22.8. The van der Waals surface area contributed by atoms with Gasteiger partial charge in [0.05, 0.1) is 0 Å². The smallest absolute Gasteiger partial charge is 0.139 e. The Balaban J connectivity index is 3.00. The van der Waals surface area contributed by atoms with Crippen LogP contribution in [0.25, 0.3) is 0 Å². The monoisotopic (exact) mass is 189 g/mol. The quantitative estimate of drug-likeness (QED) is 0.141. The molecule has 0 heterocycles. The lowest BCUT2D eigenvalue weighted by Crippen LogP contribution is -2.19. The van der Waals surface area contributed by atoms with E-state index in [1.165, 1.54) is 0 Å². The maximum Gasteiger partial charge on any atom is 0.139 e.